The van der Waals surface area contributed by atoms with Crippen molar-refractivity contribution in [3.63, 3.8) is 0 Å². The van der Waals surface area contributed by atoms with Gasteiger partial charge in [-0.25, -0.2) is 9.59 Å². The van der Waals surface area contributed by atoms with E-state index < -0.39 is 29.3 Å². The summed E-state index contributed by atoms with van der Waals surface area (Å²) in [5, 5.41) is 23.5. The molecule has 0 spiro atoms. The summed E-state index contributed by atoms with van der Waals surface area (Å²) in [6.07, 6.45) is 2.71. The van der Waals surface area contributed by atoms with Crippen molar-refractivity contribution in [1.82, 2.24) is 5.32 Å². The van der Waals surface area contributed by atoms with E-state index in [1.54, 1.807) is 18.4 Å². The van der Waals surface area contributed by atoms with Crippen molar-refractivity contribution in [1.29, 1.82) is 0 Å². The molecule has 1 heterocycles. The molecule has 25 heavy (non-hydrogen) atoms. The molecule has 0 bridgehead atoms. The number of fused-ring (bicyclic) bond motifs is 1. The van der Waals surface area contributed by atoms with Crippen LogP contribution in [0.1, 0.15) is 13.3 Å². The molecule has 0 unspecified atom stereocenters. The number of allylic oxidation sites excluding steroid dienone is 2. The van der Waals surface area contributed by atoms with Crippen LogP contribution in [-0.4, -0.2) is 35.2 Å². The maximum Gasteiger partial charge on any atom is 0.352 e. The molecular weight excluding hydrogens is 350 g/mol. The fourth-order valence-corrected chi connectivity index (χ4v) is 2.92. The number of cyclic esters (lactones) is 1. The van der Waals surface area contributed by atoms with E-state index in [9.17, 15) is 19.5 Å². The number of thioether (sulfide) groups is 1. The topological polar surface area (TPSA) is 122 Å². The van der Waals surface area contributed by atoms with Gasteiger partial charge in [-0.05, 0) is 30.4 Å². The zero-order valence-corrected chi connectivity index (χ0v) is 14.2. The number of carbonyl (C=O) groups is 3. The highest BCUT2D eigenvalue weighted by molar-refractivity contribution is 8.05. The number of hydrogen-bond acceptors (Lipinski definition) is 7. The van der Waals surface area contributed by atoms with Crippen LogP contribution in [0.4, 0.5) is 0 Å². The number of rotatable bonds is 2. The van der Waals surface area contributed by atoms with Crippen LogP contribution < -0.4 is 5.32 Å². The SMILES string of the molecule is COC1=CC/C2=C\S/C=C(/C(=O)O)NC(=O)/C(O)=C\OC(=O)C2=C1C. The molecule has 0 saturated heterocycles. The Balaban J connectivity index is 2.53. The number of ether oxygens (including phenoxy) is 2. The van der Waals surface area contributed by atoms with E-state index >= 15 is 0 Å². The predicted molar refractivity (Wildman–Crippen MR) is 88.7 cm³/mol. The number of aliphatic hydroxyl groups is 1. The Hall–Kier alpha value is -2.94. The molecule has 0 aromatic rings. The van der Waals surface area contributed by atoms with Gasteiger partial charge in [0, 0.05) is 11.0 Å². The van der Waals surface area contributed by atoms with Crippen molar-refractivity contribution in [2.24, 2.45) is 0 Å². The first-order valence-electron chi connectivity index (χ1n) is 7.00. The molecule has 0 aromatic heterocycles. The Bertz CT molecular complexity index is 786. The highest BCUT2D eigenvalue weighted by atomic mass is 32.2. The fourth-order valence-electron chi connectivity index (χ4n) is 2.18. The summed E-state index contributed by atoms with van der Waals surface area (Å²) in [4.78, 5) is 35.2. The molecule has 0 radical (unpaired) electrons. The molecule has 8 nitrogen and oxygen atoms in total. The van der Waals surface area contributed by atoms with E-state index in [0.717, 1.165) is 11.8 Å². The number of carboxylic acids is 1. The monoisotopic (exact) mass is 365 g/mol. The number of aliphatic hydroxyl groups excluding tert-OH is 1. The lowest BCUT2D eigenvalue weighted by Gasteiger charge is -2.19. The molecule has 1 amide bonds. The maximum absolute atomic E-state index is 12.4. The first-order chi connectivity index (χ1) is 11.8. The standard InChI is InChI=1S/C16H15NO7S/c1-8-12(23-2)4-3-9-6-25-7-10(15(20)21)17-14(19)11(18)5-24-16(22)13(8)9/h4-7,18H,3H2,1-2H3,(H,17,19)(H,20,21)/b9-6+,10-7-,11-5+. The van der Waals surface area contributed by atoms with Crippen molar-refractivity contribution in [2.75, 3.05) is 7.11 Å². The highest BCUT2D eigenvalue weighted by Gasteiger charge is 2.25. The minimum absolute atomic E-state index is 0.224. The zero-order valence-electron chi connectivity index (χ0n) is 13.4. The summed E-state index contributed by atoms with van der Waals surface area (Å²) >= 11 is 0.973. The van der Waals surface area contributed by atoms with E-state index in [4.69, 9.17) is 14.6 Å². The predicted octanol–water partition coefficient (Wildman–Crippen LogP) is 1.85. The third-order valence-electron chi connectivity index (χ3n) is 3.38. The summed E-state index contributed by atoms with van der Waals surface area (Å²) in [5.74, 6) is -3.69. The van der Waals surface area contributed by atoms with Crippen LogP contribution in [0.3, 0.4) is 0 Å². The van der Waals surface area contributed by atoms with Crippen molar-refractivity contribution in [2.45, 2.75) is 13.3 Å². The lowest BCUT2D eigenvalue weighted by Crippen LogP contribution is -2.28. The smallest absolute Gasteiger partial charge is 0.352 e. The van der Waals surface area contributed by atoms with Gasteiger partial charge < -0.3 is 25.0 Å². The largest absolute Gasteiger partial charge is 0.501 e. The van der Waals surface area contributed by atoms with Crippen molar-refractivity contribution >= 4 is 29.6 Å². The van der Waals surface area contributed by atoms with Gasteiger partial charge in [-0.3, -0.25) is 4.79 Å². The van der Waals surface area contributed by atoms with Crippen LogP contribution in [0.2, 0.25) is 0 Å². The number of nitrogens with one attached hydrogen (secondary N) is 1. The van der Waals surface area contributed by atoms with Crippen molar-refractivity contribution in [3.8, 4) is 0 Å². The Morgan fingerprint density at radius 2 is 2.08 bits per heavy atom. The summed E-state index contributed by atoms with van der Waals surface area (Å²) in [5.41, 5.74) is 0.920. The first kappa shape index (κ1) is 18.4. The molecule has 1 aliphatic heterocycles. The van der Waals surface area contributed by atoms with Gasteiger partial charge in [-0.15, -0.1) is 11.8 Å². The summed E-state index contributed by atoms with van der Waals surface area (Å²) in [6.45, 7) is 1.67. The minimum Gasteiger partial charge on any atom is -0.501 e. The van der Waals surface area contributed by atoms with Crippen LogP contribution in [-0.2, 0) is 23.9 Å². The Morgan fingerprint density at radius 3 is 2.72 bits per heavy atom. The number of hydrogen-bond donors (Lipinski definition) is 3. The molecule has 0 aromatic carbocycles. The number of aliphatic carboxylic acids is 1. The molecule has 9 heteroatoms. The van der Waals surface area contributed by atoms with Crippen LogP contribution in [0.15, 0.2) is 57.1 Å². The average molecular weight is 365 g/mol. The van der Waals surface area contributed by atoms with Gasteiger partial charge in [-0.1, -0.05) is 0 Å². The van der Waals surface area contributed by atoms with E-state index in [2.05, 4.69) is 0 Å². The van der Waals surface area contributed by atoms with Crippen LogP contribution in [0.5, 0.6) is 0 Å². The highest BCUT2D eigenvalue weighted by Crippen LogP contribution is 2.32. The summed E-state index contributed by atoms with van der Waals surface area (Å²) in [6, 6.07) is 0. The summed E-state index contributed by atoms with van der Waals surface area (Å²) < 4.78 is 10.1. The third kappa shape index (κ3) is 4.13. The van der Waals surface area contributed by atoms with Gasteiger partial charge >= 0.3 is 11.9 Å². The van der Waals surface area contributed by atoms with Gasteiger partial charge in [0.15, 0.2) is 0 Å². The van der Waals surface area contributed by atoms with Gasteiger partial charge in [-0.2, -0.15) is 0 Å². The molecule has 3 N–H and O–H groups in total. The van der Waals surface area contributed by atoms with Crippen LogP contribution in [0.25, 0.3) is 0 Å². The second-order valence-corrected chi connectivity index (χ2v) is 5.70. The first-order valence-corrected chi connectivity index (χ1v) is 7.94. The normalized spacial score (nSPS) is 25.2. The third-order valence-corrected chi connectivity index (χ3v) is 4.17. The van der Waals surface area contributed by atoms with E-state index in [1.165, 1.54) is 12.5 Å². The molecule has 1 aliphatic carbocycles. The molecule has 0 atom stereocenters. The zero-order chi connectivity index (χ0) is 18.6. The van der Waals surface area contributed by atoms with Gasteiger partial charge in [0.1, 0.15) is 17.7 Å². The van der Waals surface area contributed by atoms with Gasteiger partial charge in [0.25, 0.3) is 5.91 Å². The average Bonchev–Trinajstić information content (AvgIpc) is 2.57. The number of carbonyl (C=O) groups excluding carboxylic acids is 2. The molecule has 2 rings (SSSR count). The van der Waals surface area contributed by atoms with Crippen LogP contribution in [0, 0.1) is 0 Å². The minimum atomic E-state index is -1.38. The van der Waals surface area contributed by atoms with Crippen molar-refractivity contribution < 1.29 is 34.1 Å². The van der Waals surface area contributed by atoms with E-state index in [0.29, 0.717) is 29.6 Å². The van der Waals surface area contributed by atoms with Gasteiger partial charge in [0.2, 0.25) is 5.76 Å². The Morgan fingerprint density at radius 1 is 1.36 bits per heavy atom. The number of methoxy groups -OCH3 is 1. The number of esters is 1. The van der Waals surface area contributed by atoms with Gasteiger partial charge in [0.05, 0.1) is 12.7 Å². The number of carboxylic acid groups (broad SMARTS) is 1. The number of amides is 1. The molecule has 132 valence electrons. The summed E-state index contributed by atoms with van der Waals surface area (Å²) in [7, 11) is 1.47. The second-order valence-electron chi connectivity index (χ2n) is 4.95. The Labute approximate surface area is 147 Å². The quantitative estimate of drug-likeness (QED) is 0.634. The van der Waals surface area contributed by atoms with Crippen LogP contribution >= 0.6 is 11.8 Å². The molecule has 0 fully saturated rings. The van der Waals surface area contributed by atoms with E-state index in [-0.39, 0.29) is 5.57 Å². The Kier molecular flexibility index (Phi) is 5.71. The lowest BCUT2D eigenvalue weighted by molar-refractivity contribution is -0.135. The van der Waals surface area contributed by atoms with Crippen molar-refractivity contribution in [3.05, 3.63) is 57.1 Å². The lowest BCUT2D eigenvalue weighted by atomic mass is 9.93. The van der Waals surface area contributed by atoms with E-state index in [1.807, 2.05) is 5.32 Å². The maximum atomic E-state index is 12.4. The fraction of sp³-hybridized carbons (Fsp3) is 0.188. The molecule has 0 saturated carbocycles. The molecular formula is C16H15NO7S. The molecule has 2 aliphatic rings. The second kappa shape index (κ2) is 7.75.